The summed E-state index contributed by atoms with van der Waals surface area (Å²) in [6.45, 7) is 0.307. The van der Waals surface area contributed by atoms with E-state index in [1.807, 2.05) is 11.8 Å². The summed E-state index contributed by atoms with van der Waals surface area (Å²) in [6, 6.07) is 8.64. The number of amides is 6. The molecule has 5 rings (SSSR count). The van der Waals surface area contributed by atoms with Crippen LogP contribution in [0.4, 0.5) is 16.2 Å². The molecule has 7 atom stereocenters. The van der Waals surface area contributed by atoms with E-state index in [-0.39, 0.29) is 80.0 Å². The van der Waals surface area contributed by atoms with Crippen LogP contribution < -0.4 is 37.2 Å². The topological polar surface area (TPSA) is 421 Å². The zero-order valence-corrected chi connectivity index (χ0v) is 52.2. The van der Waals surface area contributed by atoms with Gasteiger partial charge in [0.25, 0.3) is 11.8 Å². The minimum atomic E-state index is -1.92. The number of aliphatic hydroxyl groups excluding tert-OH is 3. The molecule has 2 heterocycles. The van der Waals surface area contributed by atoms with Gasteiger partial charge in [-0.2, -0.15) is 11.8 Å². The van der Waals surface area contributed by atoms with Crippen LogP contribution >= 0.6 is 11.8 Å². The maximum Gasteiger partial charge on any atom is 0.317 e. The zero-order valence-electron chi connectivity index (χ0n) is 51.3. The molecule has 0 radical (unpaired) electrons. The van der Waals surface area contributed by atoms with E-state index >= 15 is 0 Å². The molecule has 30 nitrogen and oxygen atoms in total. The molecule has 2 aromatic rings. The van der Waals surface area contributed by atoms with Crippen LogP contribution in [0.15, 0.2) is 42.5 Å². The highest BCUT2D eigenvalue weighted by Gasteiger charge is 2.43. The van der Waals surface area contributed by atoms with Crippen LogP contribution in [-0.2, 0) is 49.6 Å². The van der Waals surface area contributed by atoms with Gasteiger partial charge in [-0.1, -0.05) is 31.4 Å². The Morgan fingerprint density at radius 1 is 0.678 bits per heavy atom. The molecule has 1 aliphatic carbocycles. The predicted molar refractivity (Wildman–Crippen MR) is 329 cm³/mol. The number of carboxylic acid groups (broad SMARTS) is 2. The Morgan fingerprint density at radius 3 is 1.83 bits per heavy atom. The molecule has 2 aromatic carbocycles. The number of hydrogen-bond donors (Lipinski definition) is 15. The number of carboxylic acids is 2. The van der Waals surface area contributed by atoms with E-state index in [4.69, 9.17) is 19.1 Å². The van der Waals surface area contributed by atoms with Gasteiger partial charge in [0.05, 0.1) is 71.9 Å². The maximum atomic E-state index is 13.7. The van der Waals surface area contributed by atoms with E-state index in [9.17, 15) is 74.4 Å². The summed E-state index contributed by atoms with van der Waals surface area (Å²) in [7, 11) is 3.02. The first-order valence-corrected chi connectivity index (χ1v) is 31.7. The first-order valence-electron chi connectivity index (χ1n) is 30.6. The molecule has 6 amide bonds. The fraction of sp³-hybridized carbons (Fsp3) is 0.678. The van der Waals surface area contributed by atoms with E-state index in [0.29, 0.717) is 113 Å². The molecule has 1 saturated carbocycles. The second-order valence-corrected chi connectivity index (χ2v) is 23.6. The number of thioether (sulfide) groups is 1. The quantitative estimate of drug-likeness (QED) is 0.0125. The van der Waals surface area contributed by atoms with Crippen molar-refractivity contribution >= 4 is 64.7 Å². The Kier molecular flexibility index (Phi) is 34.0. The summed E-state index contributed by atoms with van der Waals surface area (Å²) in [5, 5.41) is 100. The van der Waals surface area contributed by atoms with Crippen LogP contribution in [0.3, 0.4) is 0 Å². The van der Waals surface area contributed by atoms with Gasteiger partial charge in [0, 0.05) is 117 Å². The van der Waals surface area contributed by atoms with E-state index in [0.717, 1.165) is 18.6 Å². The Hall–Kier alpha value is -5.88. The fourth-order valence-corrected chi connectivity index (χ4v) is 12.9. The van der Waals surface area contributed by atoms with Gasteiger partial charge in [-0.3, -0.25) is 43.5 Å². The Labute approximate surface area is 528 Å². The van der Waals surface area contributed by atoms with Gasteiger partial charge in [0.2, 0.25) is 11.8 Å². The van der Waals surface area contributed by atoms with E-state index < -0.39 is 99.5 Å². The number of nitrogens with one attached hydrogen (secondary N) is 7. The van der Waals surface area contributed by atoms with Gasteiger partial charge in [-0.15, -0.1) is 0 Å². The van der Waals surface area contributed by atoms with E-state index in [1.54, 1.807) is 48.3 Å². The number of fused-ring (bicyclic) bond motifs is 1. The number of rotatable bonds is 46. The van der Waals surface area contributed by atoms with Crippen molar-refractivity contribution in [2.45, 2.75) is 137 Å². The van der Waals surface area contributed by atoms with Crippen LogP contribution in [0.1, 0.15) is 96.9 Å². The third-order valence-corrected chi connectivity index (χ3v) is 17.0. The Bertz CT molecular complexity index is 2510. The number of carbonyl (C=O) groups is 7. The summed E-state index contributed by atoms with van der Waals surface area (Å²) in [4.78, 5) is 103. The average molecular weight is 1300 g/mol. The summed E-state index contributed by atoms with van der Waals surface area (Å²) < 4.78 is 16.9. The molecule has 7 unspecified atom stereocenters. The normalized spacial score (nSPS) is 18.8. The lowest BCUT2D eigenvalue weighted by atomic mass is 9.87. The molecule has 3 fully saturated rings. The van der Waals surface area contributed by atoms with Crippen LogP contribution in [0.25, 0.3) is 0 Å². The molecular weight excluding hydrogens is 1200 g/mol. The average Bonchev–Trinajstić information content (AvgIpc) is 1.91. The predicted octanol–water partition coefficient (Wildman–Crippen LogP) is -0.935. The van der Waals surface area contributed by atoms with Gasteiger partial charge in [-0.05, 0) is 80.8 Å². The van der Waals surface area contributed by atoms with Crippen molar-refractivity contribution < 1.29 is 98.4 Å². The Balaban J connectivity index is 1.00. The summed E-state index contributed by atoms with van der Waals surface area (Å²) in [5.74, 6) is -3.04. The highest BCUT2D eigenvalue weighted by atomic mass is 32.2. The second kappa shape index (κ2) is 40.9. The third kappa shape index (κ3) is 27.5. The van der Waals surface area contributed by atoms with Crippen molar-refractivity contribution in [1.29, 1.82) is 0 Å². The molecule has 90 heavy (non-hydrogen) atoms. The van der Waals surface area contributed by atoms with E-state index in [1.165, 1.54) is 23.0 Å². The fourth-order valence-electron chi connectivity index (χ4n) is 11.3. The molecular formula is C59H94N10O20S. The van der Waals surface area contributed by atoms with Crippen molar-refractivity contribution in [2.24, 2.45) is 0 Å². The third-order valence-electron chi connectivity index (χ3n) is 15.5. The number of aliphatic carboxylic acids is 2. The summed E-state index contributed by atoms with van der Waals surface area (Å²) in [5.41, 5.74) is 1.93. The molecule has 0 spiro atoms. The number of urea groups is 1. The number of aliphatic hydroxyl groups is 6. The van der Waals surface area contributed by atoms with Crippen LogP contribution in [-0.4, -0.2) is 276 Å². The molecule has 2 saturated heterocycles. The molecule has 15 N–H and O–H groups in total. The zero-order chi connectivity index (χ0) is 65.4. The van der Waals surface area contributed by atoms with Gasteiger partial charge >= 0.3 is 18.0 Å². The minimum Gasteiger partial charge on any atom is -0.480 e. The molecule has 0 aromatic heterocycles. The largest absolute Gasteiger partial charge is 0.480 e. The molecule has 31 heteroatoms. The highest BCUT2D eigenvalue weighted by Crippen LogP contribution is 2.33. The number of anilines is 2. The van der Waals surface area contributed by atoms with Crippen LogP contribution in [0.5, 0.6) is 0 Å². The number of ether oxygens (including phenoxy) is 3. The highest BCUT2D eigenvalue weighted by molar-refractivity contribution is 8.00. The van der Waals surface area contributed by atoms with E-state index in [2.05, 4.69) is 42.1 Å². The minimum absolute atomic E-state index is 0.0724. The molecule has 506 valence electrons. The SMILES string of the molecule is CNc1cc(C(=O)NCCCOCCOCCOCCCNC(=O)C(CCOOC)NC(=O)CCCCC2SCC3NC(=O)NC32)cc(C(=O)Nc2ccc(CC(CN(CC(=O)O)C3CCCCC3N(CC(=O)O)CC(O)O)N(CC(O)O)CC(O)O)cc2)c1. The number of unbranched alkanes of at least 4 members (excludes halogenated alkanes) is 1. The van der Waals surface area contributed by atoms with Crippen molar-refractivity contribution in [2.75, 3.05) is 129 Å². The number of benzene rings is 2. The lowest BCUT2D eigenvalue weighted by Gasteiger charge is -2.46. The van der Waals surface area contributed by atoms with Crippen molar-refractivity contribution in [3.63, 3.8) is 0 Å². The molecule has 3 aliphatic rings. The lowest BCUT2D eigenvalue weighted by Crippen LogP contribution is -2.60. The van der Waals surface area contributed by atoms with Crippen molar-refractivity contribution in [3.8, 4) is 0 Å². The van der Waals surface area contributed by atoms with Crippen molar-refractivity contribution in [3.05, 3.63) is 59.2 Å². The van der Waals surface area contributed by atoms with Gasteiger partial charge < -0.3 is 92.3 Å². The second-order valence-electron chi connectivity index (χ2n) is 22.4. The molecule has 0 bridgehead atoms. The monoisotopic (exact) mass is 1290 g/mol. The first-order chi connectivity index (χ1) is 43.2. The van der Waals surface area contributed by atoms with Crippen LogP contribution in [0.2, 0.25) is 0 Å². The van der Waals surface area contributed by atoms with Gasteiger partial charge in [-0.25, -0.2) is 14.6 Å². The first kappa shape index (κ1) is 74.8. The summed E-state index contributed by atoms with van der Waals surface area (Å²) in [6.07, 6.45) is 0.505. The number of nitrogens with zero attached hydrogens (tertiary/aromatic N) is 3. The summed E-state index contributed by atoms with van der Waals surface area (Å²) >= 11 is 1.83. The maximum absolute atomic E-state index is 13.7. The van der Waals surface area contributed by atoms with Crippen LogP contribution in [0, 0.1) is 0 Å². The number of hydrogen-bond acceptors (Lipinski definition) is 23. The molecule has 2 aliphatic heterocycles. The number of carbonyl (C=O) groups excluding carboxylic acids is 5. The van der Waals surface area contributed by atoms with Gasteiger partial charge in [0.15, 0.2) is 18.9 Å². The smallest absolute Gasteiger partial charge is 0.317 e. The van der Waals surface area contributed by atoms with Crippen molar-refractivity contribution in [1.82, 2.24) is 41.3 Å². The Morgan fingerprint density at radius 2 is 1.26 bits per heavy atom. The lowest BCUT2D eigenvalue weighted by molar-refractivity contribution is -0.273. The van der Waals surface area contributed by atoms with Gasteiger partial charge in [0.1, 0.15) is 6.04 Å². The standard InChI is InChI=1S/C59H94N10O20S/c1-60-42-29-39(56(81)61-18-7-20-86-23-25-88-26-24-87-21-8-19-62-58(83)44(17-22-89-85-2)64-49(70)12-6-5-11-48-55-45(37-90-48)65-59(84)66-55)28-40(30-42)57(82)63-41-15-13-38(14-16-41)27-43(67(32-50(71)72)33-51(73)74)31-68(34-52(75)76)46-9-3-4-10-47(46)69(35-53(77)78)36-54(79)80/h13-16,28-30,43-48,50-51,53,55,60,71-74,77-78H,3-12,17-27,31-37H2,1-2H3,(H,61,81)(H,62,83)(H,63,82)(H,64,70)(H,75,76)(H,79,80)(H2,65,66,84).